The number of nitrogens with zero attached hydrogens (tertiary/aromatic N) is 2. The Bertz CT molecular complexity index is 2270. The van der Waals surface area contributed by atoms with Crippen molar-refractivity contribution in [1.82, 2.24) is 19.9 Å². The van der Waals surface area contributed by atoms with Crippen molar-refractivity contribution >= 4 is 91.2 Å². The van der Waals surface area contributed by atoms with Crippen molar-refractivity contribution in [2.45, 2.75) is 53.4 Å². The first kappa shape index (κ1) is 32.8. The molecule has 12 bridgehead atoms. The predicted molar refractivity (Wildman–Crippen MR) is 203 cm³/mol. The van der Waals surface area contributed by atoms with Gasteiger partial charge in [0.05, 0.1) is 67.6 Å². The normalized spacial score (nSPS) is 15.0. The largest absolute Gasteiger partial charge is 0.481 e. The van der Waals surface area contributed by atoms with E-state index in [9.17, 15) is 19.8 Å². The van der Waals surface area contributed by atoms with Crippen LogP contribution in [0.5, 0.6) is 0 Å². The molecule has 4 aliphatic rings. The molecule has 8 N–H and O–H groups in total. The van der Waals surface area contributed by atoms with Gasteiger partial charge in [0.25, 0.3) is 0 Å². The molecule has 3 aromatic heterocycles. The summed E-state index contributed by atoms with van der Waals surface area (Å²) >= 11 is 0. The van der Waals surface area contributed by atoms with Gasteiger partial charge in [-0.2, -0.15) is 0 Å². The molecule has 0 aliphatic carbocycles. The van der Waals surface area contributed by atoms with E-state index in [1.807, 2.05) is 26.0 Å². The van der Waals surface area contributed by atoms with E-state index in [0.29, 0.717) is 48.9 Å². The van der Waals surface area contributed by atoms with Crippen LogP contribution in [0.2, 0.25) is 0 Å². The number of aromatic nitrogens is 4. The molecule has 0 atom stereocenters. The zero-order chi connectivity index (χ0) is 35.4. The molecule has 0 unspecified atom stereocenters. The molecular weight excluding hydrogens is 632 g/mol. The van der Waals surface area contributed by atoms with E-state index in [1.165, 1.54) is 0 Å². The first-order valence-corrected chi connectivity index (χ1v) is 17.0. The van der Waals surface area contributed by atoms with Gasteiger partial charge in [-0.25, -0.2) is 9.97 Å². The summed E-state index contributed by atoms with van der Waals surface area (Å²) in [6.07, 6.45) is 4.09. The molecule has 0 spiro atoms. The van der Waals surface area contributed by atoms with Crippen molar-refractivity contribution in [3.8, 4) is 0 Å². The van der Waals surface area contributed by atoms with Crippen molar-refractivity contribution < 1.29 is 19.8 Å². The summed E-state index contributed by atoms with van der Waals surface area (Å²) in [4.78, 5) is 42.0. The van der Waals surface area contributed by atoms with Gasteiger partial charge in [0, 0.05) is 50.1 Å². The predicted octanol–water partition coefficient (Wildman–Crippen LogP) is 7.48. The summed E-state index contributed by atoms with van der Waals surface area (Å²) in [7, 11) is 0. The second-order valence-corrected chi connectivity index (χ2v) is 13.1. The molecule has 7 heterocycles. The number of H-pyrrole nitrogens is 2. The van der Waals surface area contributed by atoms with Crippen molar-refractivity contribution in [2.24, 2.45) is 0 Å². The van der Waals surface area contributed by atoms with Crippen LogP contribution in [0.25, 0.3) is 56.5 Å². The van der Waals surface area contributed by atoms with Crippen LogP contribution in [-0.2, 0) is 9.59 Å². The molecule has 0 amide bonds. The van der Waals surface area contributed by atoms with E-state index in [-0.39, 0.29) is 25.7 Å². The number of carboxylic acids is 2. The lowest BCUT2D eigenvalue weighted by atomic mass is 9.95. The molecule has 0 saturated carbocycles. The van der Waals surface area contributed by atoms with Gasteiger partial charge in [-0.1, -0.05) is 25.3 Å². The van der Waals surface area contributed by atoms with Crippen molar-refractivity contribution in [1.29, 1.82) is 0 Å². The summed E-state index contributed by atoms with van der Waals surface area (Å²) in [5.74, 6) is -1.80. The fourth-order valence-electron chi connectivity index (χ4n) is 7.68. The van der Waals surface area contributed by atoms with Crippen LogP contribution in [0.4, 0.5) is 22.7 Å². The van der Waals surface area contributed by atoms with Crippen molar-refractivity contribution in [2.75, 3.05) is 47.4 Å². The number of aliphatic carboxylic acids is 2. The second-order valence-electron chi connectivity index (χ2n) is 13.1. The maximum Gasteiger partial charge on any atom is 0.303 e. The molecule has 258 valence electrons. The minimum atomic E-state index is -0.903. The number of allylic oxidation sites excluding steroid dienone is 4. The summed E-state index contributed by atoms with van der Waals surface area (Å²) in [5, 5.41) is 34.2. The average Bonchev–Trinajstić information content (AvgIpc) is 3.81. The Morgan fingerprint density at radius 2 is 0.980 bits per heavy atom. The second kappa shape index (κ2) is 12.6. The van der Waals surface area contributed by atoms with Gasteiger partial charge >= 0.3 is 11.9 Å². The zero-order valence-electron chi connectivity index (χ0n) is 28.8. The van der Waals surface area contributed by atoms with Crippen LogP contribution in [-0.4, -0.2) is 68.3 Å². The lowest BCUT2D eigenvalue weighted by Gasteiger charge is -2.16. The Hall–Kier alpha value is -5.78. The van der Waals surface area contributed by atoms with Gasteiger partial charge < -0.3 is 41.4 Å². The maximum atomic E-state index is 12.0. The topological polar surface area (TPSA) is 180 Å². The number of rotatable bonds is 8. The van der Waals surface area contributed by atoms with Gasteiger partial charge in [-0.3, -0.25) is 9.59 Å². The highest BCUT2D eigenvalue weighted by Crippen LogP contribution is 2.47. The smallest absolute Gasteiger partial charge is 0.303 e. The minimum Gasteiger partial charge on any atom is -0.481 e. The van der Waals surface area contributed by atoms with Crippen LogP contribution in [0.1, 0.15) is 84.6 Å². The molecule has 7 rings (SSSR count). The summed E-state index contributed by atoms with van der Waals surface area (Å²) in [6.45, 7) is 18.7. The van der Waals surface area contributed by atoms with E-state index < -0.39 is 11.9 Å². The third-order valence-corrected chi connectivity index (χ3v) is 10.2. The van der Waals surface area contributed by atoms with Crippen LogP contribution in [0.3, 0.4) is 0 Å². The molecular formula is C38H42N8O4. The molecule has 12 nitrogen and oxygen atoms in total. The van der Waals surface area contributed by atoms with E-state index in [0.717, 1.165) is 89.4 Å². The lowest BCUT2D eigenvalue weighted by Crippen LogP contribution is -2.16. The van der Waals surface area contributed by atoms with E-state index in [4.69, 9.17) is 9.97 Å². The lowest BCUT2D eigenvalue weighted by molar-refractivity contribution is -0.137. The third kappa shape index (κ3) is 5.13. The highest BCUT2D eigenvalue weighted by molar-refractivity contribution is 6.08. The molecule has 0 saturated heterocycles. The number of anilines is 4. The van der Waals surface area contributed by atoms with Crippen LogP contribution in [0, 0.1) is 13.8 Å². The number of carboxylic acid groups (broad SMARTS) is 2. The number of aryl methyl sites for hydroxylation is 2. The van der Waals surface area contributed by atoms with Gasteiger partial charge in [0.1, 0.15) is 0 Å². The number of aromatic amines is 2. The Balaban J connectivity index is 1.77. The molecule has 0 aromatic carbocycles. The SMILES string of the molecule is C=Cc1c(C)c2[nH]c1c1c3nc(c4c5nc(c(c6[nH]c(c(C=C)c6C)c2NCCN1)NCCN4)C(C)=C5CCC(=O)O)C(CCC(=O)O)=C3C. The fourth-order valence-corrected chi connectivity index (χ4v) is 7.68. The van der Waals surface area contributed by atoms with Crippen LogP contribution >= 0.6 is 0 Å². The van der Waals surface area contributed by atoms with E-state index in [1.54, 1.807) is 0 Å². The number of hydrogen-bond acceptors (Lipinski definition) is 8. The van der Waals surface area contributed by atoms with Gasteiger partial charge in [0.2, 0.25) is 0 Å². The molecule has 0 radical (unpaired) electrons. The summed E-state index contributed by atoms with van der Waals surface area (Å²) in [5.41, 5.74) is 16.5. The van der Waals surface area contributed by atoms with Gasteiger partial charge in [-0.15, -0.1) is 0 Å². The quantitative estimate of drug-likeness (QED) is 0.119. The van der Waals surface area contributed by atoms with E-state index >= 15 is 0 Å². The number of hydrogen-bond donors (Lipinski definition) is 8. The minimum absolute atomic E-state index is 0.0731. The van der Waals surface area contributed by atoms with Crippen LogP contribution < -0.4 is 21.3 Å². The number of fused-ring (bicyclic) bond motifs is 8. The Morgan fingerprint density at radius 1 is 0.600 bits per heavy atom. The maximum absolute atomic E-state index is 12.0. The molecule has 0 fully saturated rings. The average molecular weight is 675 g/mol. The first-order chi connectivity index (χ1) is 24.0. The molecule has 50 heavy (non-hydrogen) atoms. The fraction of sp³-hybridized carbons (Fsp3) is 0.316. The van der Waals surface area contributed by atoms with Crippen LogP contribution in [0.15, 0.2) is 13.2 Å². The highest BCUT2D eigenvalue weighted by atomic mass is 16.4. The monoisotopic (exact) mass is 674 g/mol. The Labute approximate surface area is 289 Å². The van der Waals surface area contributed by atoms with Gasteiger partial charge in [0.15, 0.2) is 0 Å². The first-order valence-electron chi connectivity index (χ1n) is 17.0. The summed E-state index contributed by atoms with van der Waals surface area (Å²) < 4.78 is 0. The summed E-state index contributed by atoms with van der Waals surface area (Å²) in [6, 6.07) is 0. The molecule has 4 aliphatic heterocycles. The standard InChI is InChI=1S/C38H42N8O4/c1-7-21-17(3)27-35-29-19(5)23(9-11-25(47)48)33(45-29)38(42-16-13-39-35)34-24(10-12-26(49)50)20(6)30(46-34)37-32-22(8-2)18(4)28(44-32)36(31(21)43-27)40-14-15-41-37/h7-8,39-44H,1-2,9-16H2,3-6H3,(H,47,48)(H,49,50). The molecule has 3 aromatic rings. The zero-order valence-corrected chi connectivity index (χ0v) is 28.8. The van der Waals surface area contributed by atoms with Gasteiger partial charge in [-0.05, 0) is 74.0 Å². The number of nitrogens with one attached hydrogen (secondary N) is 6. The molecule has 12 heteroatoms. The Morgan fingerprint density at radius 3 is 1.42 bits per heavy atom. The van der Waals surface area contributed by atoms with Crippen molar-refractivity contribution in [3.63, 3.8) is 0 Å². The number of carbonyl (C=O) groups is 2. The third-order valence-electron chi connectivity index (χ3n) is 10.2. The van der Waals surface area contributed by atoms with Crippen molar-refractivity contribution in [3.05, 3.63) is 58.2 Å². The Kier molecular flexibility index (Phi) is 8.25. The highest BCUT2D eigenvalue weighted by Gasteiger charge is 2.31. The van der Waals surface area contributed by atoms with E-state index in [2.05, 4.69) is 58.2 Å².